The number of carbonyl (C=O) groups excluding carboxylic acids is 1. The van der Waals surface area contributed by atoms with Crippen LogP contribution in [0.15, 0.2) is 77.1 Å². The number of halogens is 1. The van der Waals surface area contributed by atoms with Gasteiger partial charge in [0.1, 0.15) is 5.82 Å². The first kappa shape index (κ1) is 24.5. The zero-order valence-electron chi connectivity index (χ0n) is 19.2. The first-order valence-electron chi connectivity index (χ1n) is 10.9. The second kappa shape index (κ2) is 11.2. The Bertz CT molecular complexity index is 1340. The molecule has 4 N–H and O–H groups in total. The maximum Gasteiger partial charge on any atom is 0.255 e. The van der Waals surface area contributed by atoms with Crippen molar-refractivity contribution in [3.8, 4) is 10.4 Å². The van der Waals surface area contributed by atoms with Crippen molar-refractivity contribution in [3.05, 3.63) is 94.6 Å². The van der Waals surface area contributed by atoms with Crippen LogP contribution in [0.5, 0.6) is 0 Å². The van der Waals surface area contributed by atoms with E-state index in [-0.39, 0.29) is 11.7 Å². The molecule has 0 saturated carbocycles. The Kier molecular flexibility index (Phi) is 7.84. The average molecular weight is 505 g/mol. The van der Waals surface area contributed by atoms with E-state index in [2.05, 4.69) is 22.3 Å². The van der Waals surface area contributed by atoms with Gasteiger partial charge in [-0.1, -0.05) is 24.3 Å². The van der Waals surface area contributed by atoms with Gasteiger partial charge in [-0.05, 0) is 72.1 Å². The molecule has 0 spiro atoms. The molecule has 178 valence electrons. The molecule has 0 fully saturated rings. The third kappa shape index (κ3) is 6.09. The van der Waals surface area contributed by atoms with Crippen LogP contribution < -0.4 is 16.4 Å². The largest absolute Gasteiger partial charge is 0.397 e. The number of nitrogens with two attached hydrogens (primary N) is 1. The van der Waals surface area contributed by atoms with Gasteiger partial charge in [0, 0.05) is 22.3 Å². The predicted octanol–water partition coefficient (Wildman–Crippen LogP) is 7.33. The Morgan fingerprint density at radius 1 is 1.11 bits per heavy atom. The molecule has 0 aliphatic rings. The fourth-order valence-electron chi connectivity index (χ4n) is 3.45. The van der Waals surface area contributed by atoms with Gasteiger partial charge in [-0.15, -0.1) is 23.1 Å². The van der Waals surface area contributed by atoms with Crippen LogP contribution in [0, 0.1) is 12.7 Å². The fraction of sp³-hybridized carbons (Fsp3) is 0.111. The number of hydrogen-bond donors (Lipinski definition) is 3. The summed E-state index contributed by atoms with van der Waals surface area (Å²) in [7, 11) is 0. The Balaban J connectivity index is 1.32. The van der Waals surface area contributed by atoms with E-state index in [1.165, 1.54) is 6.07 Å². The van der Waals surface area contributed by atoms with E-state index in [9.17, 15) is 9.18 Å². The van der Waals surface area contributed by atoms with Crippen LogP contribution in [0.4, 0.5) is 27.1 Å². The number of thiophene rings is 1. The molecule has 0 saturated heterocycles. The molecular formula is C27H25FN4OS2. The smallest absolute Gasteiger partial charge is 0.255 e. The highest BCUT2D eigenvalue weighted by Crippen LogP contribution is 2.31. The van der Waals surface area contributed by atoms with Crippen LogP contribution in [0.25, 0.3) is 10.4 Å². The Hall–Kier alpha value is -3.62. The number of benzene rings is 3. The minimum absolute atomic E-state index is 0.211. The highest BCUT2D eigenvalue weighted by atomic mass is 32.2. The monoisotopic (exact) mass is 504 g/mol. The Morgan fingerprint density at radius 3 is 2.63 bits per heavy atom. The summed E-state index contributed by atoms with van der Waals surface area (Å²) in [5.74, 6) is 0.863. The van der Waals surface area contributed by atoms with Gasteiger partial charge in [-0.3, -0.25) is 9.79 Å². The number of carbonyl (C=O) groups is 1. The van der Waals surface area contributed by atoms with E-state index in [4.69, 9.17) is 5.73 Å². The lowest BCUT2D eigenvalue weighted by Gasteiger charge is -2.11. The Labute approximate surface area is 212 Å². The maximum atomic E-state index is 13.7. The topological polar surface area (TPSA) is 79.5 Å². The summed E-state index contributed by atoms with van der Waals surface area (Å²) >= 11 is 3.30. The van der Waals surface area contributed by atoms with E-state index in [1.807, 2.05) is 41.8 Å². The van der Waals surface area contributed by atoms with E-state index in [0.29, 0.717) is 34.1 Å². The molecule has 35 heavy (non-hydrogen) atoms. The van der Waals surface area contributed by atoms with Crippen molar-refractivity contribution in [1.82, 2.24) is 0 Å². The van der Waals surface area contributed by atoms with Crippen LogP contribution in [-0.2, 0) is 5.75 Å². The molecule has 0 atom stereocenters. The van der Waals surface area contributed by atoms with Gasteiger partial charge in [0.05, 0.1) is 28.6 Å². The lowest BCUT2D eigenvalue weighted by molar-refractivity contribution is 0.102. The molecule has 0 unspecified atom stereocenters. The Morgan fingerprint density at radius 2 is 1.91 bits per heavy atom. The van der Waals surface area contributed by atoms with E-state index in [1.54, 1.807) is 54.3 Å². The summed E-state index contributed by atoms with van der Waals surface area (Å²) in [6, 6.07) is 20.3. The maximum absolute atomic E-state index is 13.7. The van der Waals surface area contributed by atoms with Gasteiger partial charge in [0.15, 0.2) is 0 Å². The number of nitrogen functional groups attached to an aromatic ring is 1. The summed E-state index contributed by atoms with van der Waals surface area (Å²) in [6.45, 7) is 5.22. The lowest BCUT2D eigenvalue weighted by Crippen LogP contribution is -2.13. The SMILES string of the molecule is C=Nc1cc(F)c(C)cc1NCSCc1ccc(C(=O)Nc2cc(-c3cccs3)ccc2N)cc1. The third-order valence-electron chi connectivity index (χ3n) is 5.40. The number of aliphatic imine (C=N–C) groups is 1. The normalized spacial score (nSPS) is 10.7. The molecule has 1 aromatic heterocycles. The van der Waals surface area contributed by atoms with Crippen LogP contribution in [0.3, 0.4) is 0 Å². The molecular weight excluding hydrogens is 479 g/mol. The number of anilines is 3. The summed E-state index contributed by atoms with van der Waals surface area (Å²) in [6.07, 6.45) is 0. The molecule has 5 nitrogen and oxygen atoms in total. The third-order valence-corrected chi connectivity index (χ3v) is 7.21. The van der Waals surface area contributed by atoms with E-state index < -0.39 is 0 Å². The molecule has 0 aliphatic carbocycles. The van der Waals surface area contributed by atoms with Crippen LogP contribution in [0.2, 0.25) is 0 Å². The average Bonchev–Trinajstić information content (AvgIpc) is 3.40. The van der Waals surface area contributed by atoms with Gasteiger partial charge < -0.3 is 16.4 Å². The number of hydrogen-bond acceptors (Lipinski definition) is 6. The van der Waals surface area contributed by atoms with E-state index >= 15 is 0 Å². The first-order valence-corrected chi connectivity index (χ1v) is 12.9. The zero-order chi connectivity index (χ0) is 24.8. The van der Waals surface area contributed by atoms with Crippen molar-refractivity contribution >= 4 is 58.5 Å². The summed E-state index contributed by atoms with van der Waals surface area (Å²) < 4.78 is 13.7. The quantitative estimate of drug-likeness (QED) is 0.0965. The second-order valence-electron chi connectivity index (χ2n) is 7.88. The second-order valence-corrected chi connectivity index (χ2v) is 9.81. The van der Waals surface area contributed by atoms with Gasteiger partial charge in [-0.25, -0.2) is 4.39 Å². The van der Waals surface area contributed by atoms with Gasteiger partial charge in [-0.2, -0.15) is 0 Å². The number of nitrogens with one attached hydrogen (secondary N) is 2. The van der Waals surface area contributed by atoms with Gasteiger partial charge in [0.25, 0.3) is 5.91 Å². The highest BCUT2D eigenvalue weighted by Gasteiger charge is 2.11. The van der Waals surface area contributed by atoms with Crippen molar-refractivity contribution in [3.63, 3.8) is 0 Å². The molecule has 0 radical (unpaired) electrons. The van der Waals surface area contributed by atoms with Crippen LogP contribution >= 0.6 is 23.1 Å². The fourth-order valence-corrected chi connectivity index (χ4v) is 4.96. The van der Waals surface area contributed by atoms with Crippen molar-refractivity contribution in [2.24, 2.45) is 4.99 Å². The zero-order valence-corrected chi connectivity index (χ0v) is 20.8. The van der Waals surface area contributed by atoms with Crippen molar-refractivity contribution in [1.29, 1.82) is 0 Å². The van der Waals surface area contributed by atoms with Gasteiger partial charge in [0.2, 0.25) is 0 Å². The van der Waals surface area contributed by atoms with Gasteiger partial charge >= 0.3 is 0 Å². The first-order chi connectivity index (χ1) is 16.9. The van der Waals surface area contributed by atoms with Crippen LogP contribution in [-0.4, -0.2) is 18.5 Å². The number of aryl methyl sites for hydroxylation is 1. The molecule has 4 rings (SSSR count). The van der Waals surface area contributed by atoms with E-state index in [0.717, 1.165) is 27.4 Å². The van der Waals surface area contributed by atoms with Crippen LogP contribution in [0.1, 0.15) is 21.5 Å². The van der Waals surface area contributed by atoms with Crippen molar-refractivity contribution < 1.29 is 9.18 Å². The molecule has 0 bridgehead atoms. The van der Waals surface area contributed by atoms with Crippen molar-refractivity contribution in [2.45, 2.75) is 12.7 Å². The summed E-state index contributed by atoms with van der Waals surface area (Å²) in [5, 5.41) is 8.20. The standard InChI is InChI=1S/C27H25FN4OS2/c1-17-12-25(24(30-2)14-21(17)28)31-16-34-15-18-5-7-19(8-6-18)27(33)32-23-13-20(9-10-22(23)29)26-4-3-11-35-26/h3-14,31H,2,15-16,29H2,1H3,(H,32,33). The minimum Gasteiger partial charge on any atom is -0.397 e. The highest BCUT2D eigenvalue weighted by molar-refractivity contribution is 7.98. The summed E-state index contributed by atoms with van der Waals surface area (Å²) in [5.41, 5.74) is 11.7. The molecule has 1 amide bonds. The number of thioether (sulfide) groups is 1. The number of amides is 1. The number of nitrogens with zero attached hydrogens (tertiary/aromatic N) is 1. The molecule has 3 aromatic carbocycles. The minimum atomic E-state index is -0.298. The molecule has 8 heteroatoms. The number of rotatable bonds is 9. The lowest BCUT2D eigenvalue weighted by atomic mass is 10.1. The molecule has 1 heterocycles. The summed E-state index contributed by atoms with van der Waals surface area (Å²) in [4.78, 5) is 17.8. The molecule has 4 aromatic rings. The van der Waals surface area contributed by atoms with Crippen molar-refractivity contribution in [2.75, 3.05) is 22.2 Å². The predicted molar refractivity (Wildman–Crippen MR) is 149 cm³/mol. The molecule has 0 aliphatic heterocycles.